The van der Waals surface area contributed by atoms with Crippen molar-refractivity contribution in [1.82, 2.24) is 14.8 Å². The van der Waals surface area contributed by atoms with Crippen LogP contribution < -0.4 is 14.8 Å². The first-order valence-corrected chi connectivity index (χ1v) is 11.9. The number of ether oxygens (including phenoxy) is 2. The van der Waals surface area contributed by atoms with E-state index in [4.69, 9.17) is 9.47 Å². The molecule has 10 heteroatoms. The molecule has 0 aliphatic carbocycles. The Hall–Kier alpha value is -3.63. The summed E-state index contributed by atoms with van der Waals surface area (Å²) in [6, 6.07) is 16.9. The molecule has 1 N–H and O–H groups in total. The third kappa shape index (κ3) is 4.35. The van der Waals surface area contributed by atoms with E-state index in [2.05, 4.69) is 15.5 Å². The predicted octanol–water partition coefficient (Wildman–Crippen LogP) is 4.66. The van der Waals surface area contributed by atoms with Gasteiger partial charge in [0.25, 0.3) is 0 Å². The molecule has 1 aliphatic heterocycles. The van der Waals surface area contributed by atoms with Crippen LogP contribution in [0.1, 0.15) is 17.3 Å². The molecule has 1 aliphatic rings. The molecule has 2 aromatic heterocycles. The summed E-state index contributed by atoms with van der Waals surface area (Å²) in [4.78, 5) is 25.8. The number of thiophene rings is 1. The van der Waals surface area contributed by atoms with Crippen LogP contribution in [0.5, 0.6) is 11.5 Å². The van der Waals surface area contributed by atoms with Crippen molar-refractivity contribution in [1.29, 1.82) is 0 Å². The number of thioether (sulfide) groups is 1. The third-order valence-electron chi connectivity index (χ3n) is 4.89. The molecule has 0 saturated heterocycles. The van der Waals surface area contributed by atoms with Crippen LogP contribution in [0.15, 0.2) is 65.1 Å². The molecule has 0 atom stereocenters. The molecule has 0 spiro atoms. The van der Waals surface area contributed by atoms with Gasteiger partial charge in [-0.25, -0.2) is 0 Å². The van der Waals surface area contributed by atoms with E-state index in [9.17, 15) is 9.59 Å². The molecular weight excluding hydrogens is 460 g/mol. The standard InChI is InChI=1S/C23H18N4O4S2/c1-14(28)16-10-18-19(31-13-30-18)11-17(16)24-21(29)12-33-23-26-25-22(20-8-5-9-32-20)27(23)15-6-3-2-4-7-15/h2-11H,12-13H2,1H3,(H,24,29). The number of hydrogen-bond donors (Lipinski definition) is 1. The van der Waals surface area contributed by atoms with Crippen molar-refractivity contribution in [3.63, 3.8) is 0 Å². The van der Waals surface area contributed by atoms with Crippen LogP contribution in [0.25, 0.3) is 16.4 Å². The van der Waals surface area contributed by atoms with Crippen LogP contribution in [-0.4, -0.2) is 39.0 Å². The maximum atomic E-state index is 12.8. The van der Waals surface area contributed by atoms with E-state index in [1.807, 2.05) is 52.4 Å². The summed E-state index contributed by atoms with van der Waals surface area (Å²) in [5.74, 6) is 1.33. The van der Waals surface area contributed by atoms with Crippen molar-refractivity contribution in [3.8, 4) is 27.9 Å². The number of fused-ring (bicyclic) bond motifs is 1. The van der Waals surface area contributed by atoms with E-state index in [0.29, 0.717) is 33.7 Å². The molecule has 2 aromatic carbocycles. The van der Waals surface area contributed by atoms with Gasteiger partial charge in [-0.05, 0) is 36.6 Å². The number of anilines is 1. The van der Waals surface area contributed by atoms with Gasteiger partial charge in [-0.1, -0.05) is 36.0 Å². The van der Waals surface area contributed by atoms with Crippen molar-refractivity contribution >= 4 is 40.5 Å². The minimum absolute atomic E-state index is 0.0845. The highest BCUT2D eigenvalue weighted by Crippen LogP contribution is 2.37. The summed E-state index contributed by atoms with van der Waals surface area (Å²) in [5, 5.41) is 14.1. The number of carbonyl (C=O) groups is 2. The van der Waals surface area contributed by atoms with Crippen LogP contribution in [0, 0.1) is 0 Å². The monoisotopic (exact) mass is 478 g/mol. The lowest BCUT2D eigenvalue weighted by Crippen LogP contribution is -2.16. The Kier molecular flexibility index (Phi) is 5.84. The quantitative estimate of drug-likeness (QED) is 0.305. The third-order valence-corrected chi connectivity index (χ3v) is 6.68. The highest BCUT2D eigenvalue weighted by Gasteiger charge is 2.22. The second-order valence-corrected chi connectivity index (χ2v) is 8.99. The maximum Gasteiger partial charge on any atom is 0.234 e. The van der Waals surface area contributed by atoms with Crippen LogP contribution in [0.3, 0.4) is 0 Å². The fraction of sp³-hybridized carbons (Fsp3) is 0.130. The number of ketones is 1. The van der Waals surface area contributed by atoms with E-state index < -0.39 is 0 Å². The van der Waals surface area contributed by atoms with Crippen molar-refractivity contribution in [2.45, 2.75) is 12.1 Å². The van der Waals surface area contributed by atoms with Crippen molar-refractivity contribution in [2.75, 3.05) is 17.9 Å². The topological polar surface area (TPSA) is 95.3 Å². The molecule has 3 heterocycles. The molecule has 8 nitrogen and oxygen atoms in total. The van der Waals surface area contributed by atoms with E-state index >= 15 is 0 Å². The Labute approximate surface area is 197 Å². The van der Waals surface area contributed by atoms with Gasteiger partial charge in [0.05, 0.1) is 16.3 Å². The minimum atomic E-state index is -0.276. The fourth-order valence-corrected chi connectivity index (χ4v) is 4.84. The van der Waals surface area contributed by atoms with Crippen molar-refractivity contribution in [2.24, 2.45) is 0 Å². The van der Waals surface area contributed by atoms with Gasteiger partial charge in [-0.3, -0.25) is 14.2 Å². The van der Waals surface area contributed by atoms with Crippen LogP contribution >= 0.6 is 23.1 Å². The Balaban J connectivity index is 1.37. The summed E-state index contributed by atoms with van der Waals surface area (Å²) in [6.07, 6.45) is 0. The van der Waals surface area contributed by atoms with Gasteiger partial charge >= 0.3 is 0 Å². The summed E-state index contributed by atoms with van der Waals surface area (Å²) >= 11 is 2.84. The predicted molar refractivity (Wildman–Crippen MR) is 127 cm³/mol. The largest absolute Gasteiger partial charge is 0.454 e. The Morgan fingerprint density at radius 2 is 1.88 bits per heavy atom. The molecule has 0 saturated carbocycles. The molecule has 0 bridgehead atoms. The summed E-state index contributed by atoms with van der Waals surface area (Å²) in [7, 11) is 0. The van der Waals surface area contributed by atoms with Gasteiger partial charge in [-0.2, -0.15) is 0 Å². The fourth-order valence-electron chi connectivity index (χ4n) is 3.39. The van der Waals surface area contributed by atoms with Gasteiger partial charge in [0.15, 0.2) is 28.3 Å². The Morgan fingerprint density at radius 1 is 1.09 bits per heavy atom. The van der Waals surface area contributed by atoms with Crippen LogP contribution in [0.4, 0.5) is 5.69 Å². The number of nitrogens with zero attached hydrogens (tertiary/aromatic N) is 3. The van der Waals surface area contributed by atoms with Gasteiger partial charge < -0.3 is 14.8 Å². The van der Waals surface area contributed by atoms with Gasteiger partial charge in [-0.15, -0.1) is 21.5 Å². The number of rotatable bonds is 7. The number of carbonyl (C=O) groups excluding carboxylic acids is 2. The first kappa shape index (κ1) is 21.2. The second-order valence-electron chi connectivity index (χ2n) is 7.10. The summed E-state index contributed by atoms with van der Waals surface area (Å²) in [5.41, 5.74) is 1.66. The normalized spacial score (nSPS) is 12.0. The number of Topliss-reactive ketones (excluding diaryl/α,β-unsaturated/α-hetero) is 1. The van der Waals surface area contributed by atoms with E-state index in [-0.39, 0.29) is 24.2 Å². The average Bonchev–Trinajstić information content (AvgIpc) is 3.57. The van der Waals surface area contributed by atoms with Crippen LogP contribution in [-0.2, 0) is 4.79 Å². The second kappa shape index (κ2) is 9.08. The van der Waals surface area contributed by atoms with Gasteiger partial charge in [0, 0.05) is 17.3 Å². The molecule has 5 rings (SSSR count). The zero-order chi connectivity index (χ0) is 22.8. The number of para-hydroxylation sites is 1. The van der Waals surface area contributed by atoms with Crippen molar-refractivity contribution in [3.05, 3.63) is 65.5 Å². The number of benzene rings is 2. The lowest BCUT2D eigenvalue weighted by Gasteiger charge is -2.11. The molecular formula is C23H18N4O4S2. The lowest BCUT2D eigenvalue weighted by molar-refractivity contribution is -0.113. The van der Waals surface area contributed by atoms with Gasteiger partial charge in [0.1, 0.15) is 0 Å². The maximum absolute atomic E-state index is 12.8. The lowest BCUT2D eigenvalue weighted by atomic mass is 10.1. The Morgan fingerprint density at radius 3 is 2.61 bits per heavy atom. The molecule has 0 fully saturated rings. The van der Waals surface area contributed by atoms with E-state index in [1.54, 1.807) is 23.5 Å². The number of hydrogen-bond acceptors (Lipinski definition) is 8. The summed E-state index contributed by atoms with van der Waals surface area (Å²) < 4.78 is 12.6. The van der Waals surface area contributed by atoms with Crippen LogP contribution in [0.2, 0.25) is 0 Å². The zero-order valence-electron chi connectivity index (χ0n) is 17.5. The Bertz CT molecular complexity index is 1320. The average molecular weight is 479 g/mol. The smallest absolute Gasteiger partial charge is 0.234 e. The molecule has 33 heavy (non-hydrogen) atoms. The SMILES string of the molecule is CC(=O)c1cc2c(cc1NC(=O)CSc1nnc(-c3cccs3)n1-c1ccccc1)OCO2. The highest BCUT2D eigenvalue weighted by molar-refractivity contribution is 7.99. The zero-order valence-corrected chi connectivity index (χ0v) is 19.1. The molecule has 0 radical (unpaired) electrons. The van der Waals surface area contributed by atoms with E-state index in [0.717, 1.165) is 10.6 Å². The molecule has 166 valence electrons. The highest BCUT2D eigenvalue weighted by atomic mass is 32.2. The summed E-state index contributed by atoms with van der Waals surface area (Å²) in [6.45, 7) is 1.53. The first-order chi connectivity index (χ1) is 16.1. The first-order valence-electron chi connectivity index (χ1n) is 10.0. The molecule has 1 amide bonds. The number of nitrogens with one attached hydrogen (secondary N) is 1. The number of aromatic nitrogens is 3. The van der Waals surface area contributed by atoms with Crippen molar-refractivity contribution < 1.29 is 19.1 Å². The van der Waals surface area contributed by atoms with E-state index in [1.165, 1.54) is 18.7 Å². The molecule has 4 aromatic rings. The number of amides is 1. The minimum Gasteiger partial charge on any atom is -0.454 e. The van der Waals surface area contributed by atoms with Gasteiger partial charge in [0.2, 0.25) is 12.7 Å². The molecule has 0 unspecified atom stereocenters.